The van der Waals surface area contributed by atoms with Gasteiger partial charge in [-0.2, -0.15) is 0 Å². The molecule has 1 atom stereocenters. The Morgan fingerprint density at radius 3 is 2.40 bits per heavy atom. The Labute approximate surface area is 90.4 Å². The van der Waals surface area contributed by atoms with Crippen molar-refractivity contribution in [2.45, 2.75) is 19.9 Å². The molecule has 0 heterocycles. The van der Waals surface area contributed by atoms with E-state index in [0.29, 0.717) is 6.61 Å². The van der Waals surface area contributed by atoms with Gasteiger partial charge in [-0.15, -0.1) is 0 Å². The molecule has 3 nitrogen and oxygen atoms in total. The molecular weight excluding hydrogens is 190 g/mol. The molecule has 0 fully saturated rings. The van der Waals surface area contributed by atoms with Crippen LogP contribution in [0.5, 0.6) is 5.75 Å². The molecule has 0 saturated heterocycles. The monoisotopic (exact) mass is 207 g/mol. The van der Waals surface area contributed by atoms with Gasteiger partial charge in [0.25, 0.3) is 0 Å². The van der Waals surface area contributed by atoms with E-state index >= 15 is 0 Å². The van der Waals surface area contributed by atoms with Crippen molar-refractivity contribution in [3.05, 3.63) is 29.8 Å². The largest absolute Gasteiger partial charge is 0.494 e. The first-order valence-corrected chi connectivity index (χ1v) is 5.09. The highest BCUT2D eigenvalue weighted by Crippen LogP contribution is 2.18. The maximum Gasteiger partial charge on any atom is 0.151 e. The molecule has 0 spiro atoms. The summed E-state index contributed by atoms with van der Waals surface area (Å²) in [6.07, 6.45) is 0. The van der Waals surface area contributed by atoms with Gasteiger partial charge in [0.1, 0.15) is 5.75 Å². The molecule has 1 rings (SSSR count). The summed E-state index contributed by atoms with van der Waals surface area (Å²) in [7, 11) is 1.78. The first kappa shape index (κ1) is 11.7. The number of ether oxygens (including phenoxy) is 1. The first-order chi connectivity index (χ1) is 7.19. The SMILES string of the molecule is CCOc1ccc(C(NC)C(C)=O)cc1. The minimum absolute atomic E-state index is 0.113. The molecule has 1 aromatic carbocycles. The number of nitrogens with one attached hydrogen (secondary N) is 1. The molecule has 1 N–H and O–H groups in total. The van der Waals surface area contributed by atoms with Crippen LogP contribution >= 0.6 is 0 Å². The van der Waals surface area contributed by atoms with Crippen molar-refractivity contribution in [2.75, 3.05) is 13.7 Å². The topological polar surface area (TPSA) is 38.3 Å². The number of benzene rings is 1. The van der Waals surface area contributed by atoms with Crippen molar-refractivity contribution in [1.29, 1.82) is 0 Å². The van der Waals surface area contributed by atoms with E-state index in [0.717, 1.165) is 11.3 Å². The molecule has 3 heteroatoms. The number of Topliss-reactive ketones (excluding diaryl/α,β-unsaturated/α-hetero) is 1. The van der Waals surface area contributed by atoms with Crippen molar-refractivity contribution < 1.29 is 9.53 Å². The zero-order chi connectivity index (χ0) is 11.3. The van der Waals surface area contributed by atoms with Crippen molar-refractivity contribution in [2.24, 2.45) is 0 Å². The Balaban J connectivity index is 2.82. The van der Waals surface area contributed by atoms with E-state index in [9.17, 15) is 4.79 Å². The van der Waals surface area contributed by atoms with E-state index in [-0.39, 0.29) is 11.8 Å². The fourth-order valence-corrected chi connectivity index (χ4v) is 1.53. The van der Waals surface area contributed by atoms with Gasteiger partial charge in [0.15, 0.2) is 5.78 Å². The molecule has 1 unspecified atom stereocenters. The minimum Gasteiger partial charge on any atom is -0.494 e. The number of rotatable bonds is 5. The zero-order valence-electron chi connectivity index (χ0n) is 9.41. The summed E-state index contributed by atoms with van der Waals surface area (Å²) in [6.45, 7) is 4.18. The van der Waals surface area contributed by atoms with E-state index in [1.165, 1.54) is 0 Å². The predicted molar refractivity (Wildman–Crippen MR) is 60.1 cm³/mol. The Bertz CT molecular complexity index is 319. The van der Waals surface area contributed by atoms with E-state index < -0.39 is 0 Å². The van der Waals surface area contributed by atoms with Gasteiger partial charge in [0.2, 0.25) is 0 Å². The van der Waals surface area contributed by atoms with E-state index in [1.807, 2.05) is 31.2 Å². The lowest BCUT2D eigenvalue weighted by Gasteiger charge is -2.13. The standard InChI is InChI=1S/C12H17NO2/c1-4-15-11-7-5-10(6-8-11)12(13-3)9(2)14/h5-8,12-13H,4H2,1-3H3. The summed E-state index contributed by atoms with van der Waals surface area (Å²) < 4.78 is 5.33. The lowest BCUT2D eigenvalue weighted by atomic mass is 10.0. The highest BCUT2D eigenvalue weighted by molar-refractivity contribution is 5.82. The van der Waals surface area contributed by atoms with Gasteiger partial charge in [-0.25, -0.2) is 0 Å². The van der Waals surface area contributed by atoms with Crippen molar-refractivity contribution in [1.82, 2.24) is 5.32 Å². The summed E-state index contributed by atoms with van der Waals surface area (Å²) in [4.78, 5) is 11.3. The molecule has 0 radical (unpaired) electrons. The quantitative estimate of drug-likeness (QED) is 0.801. The average molecular weight is 207 g/mol. The third kappa shape index (κ3) is 3.06. The fraction of sp³-hybridized carbons (Fsp3) is 0.417. The number of likely N-dealkylation sites (N-methyl/N-ethyl adjacent to an activating group) is 1. The summed E-state index contributed by atoms with van der Waals surface area (Å²) >= 11 is 0. The van der Waals surface area contributed by atoms with Crippen LogP contribution in [0.2, 0.25) is 0 Å². The normalized spacial score (nSPS) is 12.2. The smallest absolute Gasteiger partial charge is 0.151 e. The maximum absolute atomic E-state index is 11.3. The third-order valence-electron chi connectivity index (χ3n) is 2.22. The highest BCUT2D eigenvalue weighted by atomic mass is 16.5. The van der Waals surface area contributed by atoms with Crippen molar-refractivity contribution >= 4 is 5.78 Å². The van der Waals surface area contributed by atoms with Crippen LogP contribution in [0.3, 0.4) is 0 Å². The summed E-state index contributed by atoms with van der Waals surface area (Å²) in [5, 5.41) is 2.98. The van der Waals surface area contributed by atoms with Crippen LogP contribution in [0.25, 0.3) is 0 Å². The van der Waals surface area contributed by atoms with Gasteiger partial charge >= 0.3 is 0 Å². The second-order valence-electron chi connectivity index (χ2n) is 3.33. The Morgan fingerprint density at radius 1 is 1.40 bits per heavy atom. The molecule has 1 aromatic rings. The van der Waals surface area contributed by atoms with Crippen molar-refractivity contribution in [3.63, 3.8) is 0 Å². The van der Waals surface area contributed by atoms with E-state index in [2.05, 4.69) is 5.32 Å². The Hall–Kier alpha value is -1.35. The van der Waals surface area contributed by atoms with Gasteiger partial charge in [-0.1, -0.05) is 12.1 Å². The Kier molecular flexibility index (Phi) is 4.31. The van der Waals surface area contributed by atoms with Crippen LogP contribution in [0.15, 0.2) is 24.3 Å². The van der Waals surface area contributed by atoms with Gasteiger partial charge < -0.3 is 10.1 Å². The lowest BCUT2D eigenvalue weighted by Crippen LogP contribution is -2.23. The van der Waals surface area contributed by atoms with Crippen LogP contribution in [0.1, 0.15) is 25.5 Å². The number of hydrogen-bond donors (Lipinski definition) is 1. The Morgan fingerprint density at radius 2 is 2.00 bits per heavy atom. The molecule has 0 aromatic heterocycles. The molecule has 82 valence electrons. The summed E-state index contributed by atoms with van der Waals surface area (Å²) in [5.74, 6) is 0.946. The predicted octanol–water partition coefficient (Wildman–Crippen LogP) is 1.93. The zero-order valence-corrected chi connectivity index (χ0v) is 9.41. The maximum atomic E-state index is 11.3. The molecule has 0 aliphatic heterocycles. The van der Waals surface area contributed by atoms with Crippen LogP contribution in [0.4, 0.5) is 0 Å². The van der Waals surface area contributed by atoms with Gasteiger partial charge in [0.05, 0.1) is 12.6 Å². The van der Waals surface area contributed by atoms with Crippen LogP contribution < -0.4 is 10.1 Å². The minimum atomic E-state index is -0.222. The van der Waals surface area contributed by atoms with Crippen LogP contribution in [-0.4, -0.2) is 19.4 Å². The van der Waals surface area contributed by atoms with Gasteiger partial charge in [-0.05, 0) is 38.6 Å². The fourth-order valence-electron chi connectivity index (χ4n) is 1.53. The molecule has 0 aliphatic rings. The molecule has 0 aliphatic carbocycles. The van der Waals surface area contributed by atoms with Crippen LogP contribution in [0, 0.1) is 0 Å². The number of carbonyl (C=O) groups is 1. The number of hydrogen-bond acceptors (Lipinski definition) is 3. The number of ketones is 1. The second-order valence-corrected chi connectivity index (χ2v) is 3.33. The van der Waals surface area contributed by atoms with Crippen LogP contribution in [-0.2, 0) is 4.79 Å². The highest BCUT2D eigenvalue weighted by Gasteiger charge is 2.13. The molecular formula is C12H17NO2. The molecule has 0 saturated carbocycles. The molecule has 15 heavy (non-hydrogen) atoms. The van der Waals surface area contributed by atoms with E-state index in [1.54, 1.807) is 14.0 Å². The first-order valence-electron chi connectivity index (χ1n) is 5.09. The second kappa shape index (κ2) is 5.51. The molecule has 0 amide bonds. The molecule has 0 bridgehead atoms. The number of carbonyl (C=O) groups excluding carboxylic acids is 1. The third-order valence-corrected chi connectivity index (χ3v) is 2.22. The van der Waals surface area contributed by atoms with Crippen molar-refractivity contribution in [3.8, 4) is 5.75 Å². The summed E-state index contributed by atoms with van der Waals surface area (Å²) in [5.41, 5.74) is 0.966. The van der Waals surface area contributed by atoms with E-state index in [4.69, 9.17) is 4.74 Å². The average Bonchev–Trinajstić information content (AvgIpc) is 2.21. The van der Waals surface area contributed by atoms with Gasteiger partial charge in [0, 0.05) is 0 Å². The lowest BCUT2D eigenvalue weighted by molar-refractivity contribution is -0.119. The summed E-state index contributed by atoms with van der Waals surface area (Å²) in [6, 6.07) is 7.36. The van der Waals surface area contributed by atoms with Gasteiger partial charge in [-0.3, -0.25) is 4.79 Å².